The van der Waals surface area contributed by atoms with Crippen LogP contribution in [0.15, 0.2) is 30.4 Å². The fourth-order valence-electron chi connectivity index (χ4n) is 0.945. The number of halogens is 2. The number of hydrogen-bond donors (Lipinski definition) is 1. The molecule has 1 amide bonds. The van der Waals surface area contributed by atoms with E-state index in [0.29, 0.717) is 0 Å². The summed E-state index contributed by atoms with van der Waals surface area (Å²) in [5.74, 6) is -4.68. The second-order valence-corrected chi connectivity index (χ2v) is 2.91. The number of carbonyl (C=O) groups excluding carboxylic acids is 1. The maximum absolute atomic E-state index is 12.4. The molecule has 0 spiro atoms. The second kappa shape index (κ2) is 3.69. The third kappa shape index (κ3) is 2.25. The molecule has 0 aliphatic heterocycles. The van der Waals surface area contributed by atoms with E-state index in [1.54, 1.807) is 0 Å². The molecule has 0 radical (unpaired) electrons. The van der Waals surface area contributed by atoms with Crippen LogP contribution in [0.4, 0.5) is 8.78 Å². The van der Waals surface area contributed by atoms with E-state index in [2.05, 4.69) is 23.5 Å². The Bertz CT molecular complexity index is 310. The van der Waals surface area contributed by atoms with E-state index in [1.807, 2.05) is 0 Å². The Labute approximate surface area is 80.2 Å². The molecule has 1 aliphatic carbocycles. The van der Waals surface area contributed by atoms with Gasteiger partial charge in [0.1, 0.15) is 11.8 Å². The highest BCUT2D eigenvalue weighted by molar-refractivity contribution is 6.05. The monoisotopic (exact) mass is 200 g/mol. The number of aliphatic imine (C=N–C) groups is 1. The van der Waals surface area contributed by atoms with E-state index in [-0.39, 0.29) is 5.84 Å². The van der Waals surface area contributed by atoms with Gasteiger partial charge in [-0.2, -0.15) is 0 Å². The topological polar surface area (TPSA) is 41.5 Å². The molecule has 5 heteroatoms. The molecule has 1 aliphatic rings. The number of rotatable bonds is 3. The first kappa shape index (κ1) is 10.6. The zero-order chi connectivity index (χ0) is 10.8. The van der Waals surface area contributed by atoms with Gasteiger partial charge in [0.15, 0.2) is 0 Å². The van der Waals surface area contributed by atoms with E-state index in [4.69, 9.17) is 0 Å². The first-order valence-electron chi connectivity index (χ1n) is 4.01. The average molecular weight is 200 g/mol. The van der Waals surface area contributed by atoms with Gasteiger partial charge < -0.3 is 5.32 Å². The van der Waals surface area contributed by atoms with Crippen molar-refractivity contribution in [1.29, 1.82) is 0 Å². The Morgan fingerprint density at radius 3 is 2.50 bits per heavy atom. The number of carbonyl (C=O) groups is 1. The van der Waals surface area contributed by atoms with Crippen LogP contribution in [0.3, 0.4) is 0 Å². The van der Waals surface area contributed by atoms with E-state index in [1.165, 1.54) is 12.3 Å². The van der Waals surface area contributed by atoms with Crippen LogP contribution in [0.2, 0.25) is 0 Å². The minimum atomic E-state index is -2.86. The van der Waals surface area contributed by atoms with E-state index < -0.39 is 24.2 Å². The summed E-state index contributed by atoms with van der Waals surface area (Å²) in [5.41, 5.74) is 0. The Morgan fingerprint density at radius 1 is 1.57 bits per heavy atom. The number of amidine groups is 1. The van der Waals surface area contributed by atoms with Gasteiger partial charge in [-0.25, -0.2) is 13.8 Å². The van der Waals surface area contributed by atoms with Crippen LogP contribution in [0.5, 0.6) is 0 Å². The number of nitrogens with zero attached hydrogens (tertiary/aromatic N) is 1. The van der Waals surface area contributed by atoms with Gasteiger partial charge in [0.25, 0.3) is 5.92 Å². The lowest BCUT2D eigenvalue weighted by atomic mass is 10.3. The normalized spacial score (nSPS) is 23.9. The Kier molecular flexibility index (Phi) is 2.78. The first-order chi connectivity index (χ1) is 6.51. The summed E-state index contributed by atoms with van der Waals surface area (Å²) < 4.78 is 24.9. The van der Waals surface area contributed by atoms with Crippen LogP contribution in [0, 0.1) is 5.92 Å². The molecule has 0 saturated heterocycles. The molecule has 1 unspecified atom stereocenters. The van der Waals surface area contributed by atoms with Crippen molar-refractivity contribution in [2.24, 2.45) is 10.9 Å². The SMILES string of the molecule is C=CN=C(C=C)NC(=O)C1CC1(F)F. The zero-order valence-corrected chi connectivity index (χ0v) is 7.46. The largest absolute Gasteiger partial charge is 0.310 e. The van der Waals surface area contributed by atoms with Crippen molar-refractivity contribution in [3.63, 3.8) is 0 Å². The summed E-state index contributed by atoms with van der Waals surface area (Å²) >= 11 is 0. The van der Waals surface area contributed by atoms with Gasteiger partial charge in [0.2, 0.25) is 5.91 Å². The quantitative estimate of drug-likeness (QED) is 0.544. The summed E-state index contributed by atoms with van der Waals surface area (Å²) in [7, 11) is 0. The van der Waals surface area contributed by atoms with Crippen LogP contribution in [-0.2, 0) is 4.79 Å². The van der Waals surface area contributed by atoms with E-state index >= 15 is 0 Å². The van der Waals surface area contributed by atoms with Gasteiger partial charge in [-0.1, -0.05) is 13.2 Å². The number of nitrogens with one attached hydrogen (secondary N) is 1. The van der Waals surface area contributed by atoms with Gasteiger partial charge in [-0.3, -0.25) is 4.79 Å². The van der Waals surface area contributed by atoms with Crippen molar-refractivity contribution in [3.8, 4) is 0 Å². The summed E-state index contributed by atoms with van der Waals surface area (Å²) in [6, 6.07) is 0. The fourth-order valence-corrected chi connectivity index (χ4v) is 0.945. The van der Waals surface area contributed by atoms with Gasteiger partial charge in [0.05, 0.1) is 0 Å². The molecule has 0 bridgehead atoms. The number of hydrogen-bond acceptors (Lipinski definition) is 2. The standard InChI is InChI=1S/C9H10F2N2O/c1-3-7(12-4-2)13-8(14)6-5-9(6,10)11/h3-4,6H,1-2,5H2,(H,12,13,14). The highest BCUT2D eigenvalue weighted by atomic mass is 19.3. The lowest BCUT2D eigenvalue weighted by molar-refractivity contribution is -0.122. The van der Waals surface area contributed by atoms with Crippen LogP contribution >= 0.6 is 0 Å². The molecule has 1 fully saturated rings. The minimum Gasteiger partial charge on any atom is -0.310 e. The van der Waals surface area contributed by atoms with E-state index in [9.17, 15) is 13.6 Å². The molecular weight excluding hydrogens is 190 g/mol. The van der Waals surface area contributed by atoms with Crippen molar-refractivity contribution in [2.45, 2.75) is 12.3 Å². The molecule has 1 saturated carbocycles. The first-order valence-corrected chi connectivity index (χ1v) is 4.01. The van der Waals surface area contributed by atoms with Gasteiger partial charge in [-0.05, 0) is 6.08 Å². The van der Waals surface area contributed by atoms with Crippen LogP contribution in [-0.4, -0.2) is 17.7 Å². The van der Waals surface area contributed by atoms with Gasteiger partial charge >= 0.3 is 0 Å². The molecule has 0 aromatic carbocycles. The maximum Gasteiger partial charge on any atom is 0.260 e. The second-order valence-electron chi connectivity index (χ2n) is 2.91. The molecule has 76 valence electrons. The highest BCUT2D eigenvalue weighted by Crippen LogP contribution is 2.48. The maximum atomic E-state index is 12.4. The summed E-state index contributed by atoms with van der Waals surface area (Å²) in [5, 5.41) is 2.23. The molecule has 1 N–H and O–H groups in total. The van der Waals surface area contributed by atoms with Gasteiger partial charge in [-0.15, -0.1) is 0 Å². The highest BCUT2D eigenvalue weighted by Gasteiger charge is 2.61. The average Bonchev–Trinajstić information content (AvgIpc) is 2.74. The zero-order valence-electron chi connectivity index (χ0n) is 7.46. The molecule has 1 atom stereocenters. The Balaban J connectivity index is 2.53. The summed E-state index contributed by atoms with van der Waals surface area (Å²) in [6.07, 6.45) is 2.07. The van der Waals surface area contributed by atoms with Crippen molar-refractivity contribution in [3.05, 3.63) is 25.4 Å². The summed E-state index contributed by atoms with van der Waals surface area (Å²) in [4.78, 5) is 14.7. The lowest BCUT2D eigenvalue weighted by Gasteiger charge is -2.02. The van der Waals surface area contributed by atoms with Crippen LogP contribution in [0.1, 0.15) is 6.42 Å². The smallest absolute Gasteiger partial charge is 0.260 e. The molecule has 0 aromatic rings. The molecule has 3 nitrogen and oxygen atoms in total. The van der Waals surface area contributed by atoms with Crippen molar-refractivity contribution in [2.75, 3.05) is 0 Å². The van der Waals surface area contributed by atoms with E-state index in [0.717, 1.165) is 0 Å². The minimum absolute atomic E-state index is 0.132. The summed E-state index contributed by atoms with van der Waals surface area (Å²) in [6.45, 7) is 6.68. The van der Waals surface area contributed by atoms with Crippen molar-refractivity contribution in [1.82, 2.24) is 5.32 Å². The predicted molar refractivity (Wildman–Crippen MR) is 49.0 cm³/mol. The molecule has 1 rings (SSSR count). The Hall–Kier alpha value is -1.52. The fraction of sp³-hybridized carbons (Fsp3) is 0.333. The van der Waals surface area contributed by atoms with Crippen LogP contribution in [0.25, 0.3) is 0 Å². The lowest BCUT2D eigenvalue weighted by Crippen LogP contribution is -2.31. The van der Waals surface area contributed by atoms with Crippen LogP contribution < -0.4 is 5.32 Å². The Morgan fingerprint density at radius 2 is 2.14 bits per heavy atom. The molecule has 0 heterocycles. The van der Waals surface area contributed by atoms with Gasteiger partial charge in [0, 0.05) is 12.6 Å². The number of amides is 1. The number of alkyl halides is 2. The van der Waals surface area contributed by atoms with Crippen molar-refractivity contribution < 1.29 is 13.6 Å². The third-order valence-electron chi connectivity index (χ3n) is 1.82. The predicted octanol–water partition coefficient (Wildman–Crippen LogP) is 1.49. The van der Waals surface area contributed by atoms with Crippen molar-refractivity contribution >= 4 is 11.7 Å². The molecule has 14 heavy (non-hydrogen) atoms. The molecule has 0 aromatic heterocycles. The molecular formula is C9H10F2N2O. The third-order valence-corrected chi connectivity index (χ3v) is 1.82.